The van der Waals surface area contributed by atoms with Crippen LogP contribution < -0.4 is 5.32 Å². The molecule has 1 fully saturated rings. The van der Waals surface area contributed by atoms with E-state index in [1.807, 2.05) is 0 Å². The van der Waals surface area contributed by atoms with E-state index in [1.165, 1.54) is 32.4 Å². The Balaban J connectivity index is 2.32. The molecule has 2 N–H and O–H groups in total. The second-order valence-electron chi connectivity index (χ2n) is 6.34. The van der Waals surface area contributed by atoms with Gasteiger partial charge in [-0.2, -0.15) is 0 Å². The number of likely N-dealkylation sites (N-methyl/N-ethyl adjacent to an activating group) is 1. The molecule has 1 saturated heterocycles. The van der Waals surface area contributed by atoms with Gasteiger partial charge in [-0.1, -0.05) is 20.8 Å². The molecule has 0 aromatic heterocycles. The second kappa shape index (κ2) is 7.46. The normalized spacial score (nSPS) is 24.7. The van der Waals surface area contributed by atoms with Crippen molar-refractivity contribution in [3.63, 3.8) is 0 Å². The average Bonchev–Trinajstić information content (AvgIpc) is 2.78. The van der Waals surface area contributed by atoms with Crippen molar-refractivity contribution in [2.24, 2.45) is 5.92 Å². The zero-order valence-electron chi connectivity index (χ0n) is 12.7. The van der Waals surface area contributed by atoms with Crippen molar-refractivity contribution in [2.75, 3.05) is 26.2 Å². The summed E-state index contributed by atoms with van der Waals surface area (Å²) in [5.74, 6) is 0.769. The highest BCUT2D eigenvalue weighted by molar-refractivity contribution is 4.85. The first-order chi connectivity index (χ1) is 8.52. The van der Waals surface area contributed by atoms with Gasteiger partial charge in [0.05, 0.1) is 6.61 Å². The molecule has 1 aliphatic heterocycles. The third-order valence-corrected chi connectivity index (χ3v) is 4.31. The van der Waals surface area contributed by atoms with Gasteiger partial charge in [0.25, 0.3) is 0 Å². The molecule has 0 aliphatic carbocycles. The SMILES string of the molecule is CCNC(C)(CO)CCCN1CCCC1C(C)C. The molecule has 0 spiro atoms. The Hall–Kier alpha value is -0.120. The molecule has 0 amide bonds. The smallest absolute Gasteiger partial charge is 0.0610 e. The lowest BCUT2D eigenvalue weighted by atomic mass is 9.96. The fourth-order valence-corrected chi connectivity index (χ4v) is 3.21. The lowest BCUT2D eigenvalue weighted by Crippen LogP contribution is -2.46. The summed E-state index contributed by atoms with van der Waals surface area (Å²) in [6, 6.07) is 0.782. The molecule has 1 aliphatic rings. The van der Waals surface area contributed by atoms with Crippen molar-refractivity contribution in [2.45, 2.75) is 65.0 Å². The van der Waals surface area contributed by atoms with E-state index in [4.69, 9.17) is 0 Å². The number of rotatable bonds is 8. The molecule has 1 rings (SSSR count). The standard InChI is InChI=1S/C15H32N2O/c1-5-16-15(4,12-18)9-7-11-17-10-6-8-14(17)13(2)3/h13-14,16,18H,5-12H2,1-4H3. The first-order valence-corrected chi connectivity index (χ1v) is 7.62. The monoisotopic (exact) mass is 256 g/mol. The molecule has 3 nitrogen and oxygen atoms in total. The van der Waals surface area contributed by atoms with Crippen LogP contribution in [0.5, 0.6) is 0 Å². The van der Waals surface area contributed by atoms with E-state index >= 15 is 0 Å². The van der Waals surface area contributed by atoms with E-state index in [2.05, 4.69) is 37.9 Å². The number of aliphatic hydroxyl groups is 1. The molecule has 18 heavy (non-hydrogen) atoms. The van der Waals surface area contributed by atoms with Crippen molar-refractivity contribution in [3.8, 4) is 0 Å². The first kappa shape index (κ1) is 15.9. The van der Waals surface area contributed by atoms with Gasteiger partial charge >= 0.3 is 0 Å². The molecular weight excluding hydrogens is 224 g/mol. The van der Waals surface area contributed by atoms with Gasteiger partial charge in [-0.05, 0) is 58.2 Å². The molecule has 0 bridgehead atoms. The van der Waals surface area contributed by atoms with Crippen molar-refractivity contribution in [1.82, 2.24) is 10.2 Å². The maximum absolute atomic E-state index is 9.47. The van der Waals surface area contributed by atoms with Gasteiger partial charge in [0.15, 0.2) is 0 Å². The quantitative estimate of drug-likeness (QED) is 0.699. The zero-order valence-corrected chi connectivity index (χ0v) is 12.7. The van der Waals surface area contributed by atoms with Crippen LogP contribution in [-0.4, -0.2) is 47.8 Å². The van der Waals surface area contributed by atoms with E-state index in [0.29, 0.717) is 0 Å². The lowest BCUT2D eigenvalue weighted by molar-refractivity contribution is 0.150. The van der Waals surface area contributed by atoms with Crippen LogP contribution >= 0.6 is 0 Å². The fraction of sp³-hybridized carbons (Fsp3) is 1.00. The second-order valence-corrected chi connectivity index (χ2v) is 6.34. The van der Waals surface area contributed by atoms with Crippen LogP contribution in [-0.2, 0) is 0 Å². The van der Waals surface area contributed by atoms with Crippen molar-refractivity contribution < 1.29 is 5.11 Å². The van der Waals surface area contributed by atoms with Gasteiger partial charge in [-0.15, -0.1) is 0 Å². The number of nitrogens with zero attached hydrogens (tertiary/aromatic N) is 1. The average molecular weight is 256 g/mol. The van der Waals surface area contributed by atoms with Gasteiger partial charge in [0.2, 0.25) is 0 Å². The van der Waals surface area contributed by atoms with Crippen LogP contribution in [0.1, 0.15) is 53.4 Å². The molecule has 108 valence electrons. The number of aliphatic hydroxyl groups excluding tert-OH is 1. The van der Waals surface area contributed by atoms with Crippen molar-refractivity contribution in [3.05, 3.63) is 0 Å². The summed E-state index contributed by atoms with van der Waals surface area (Å²) in [4.78, 5) is 2.65. The van der Waals surface area contributed by atoms with Crippen LogP contribution in [0.2, 0.25) is 0 Å². The van der Waals surface area contributed by atoms with Gasteiger partial charge in [-0.25, -0.2) is 0 Å². The summed E-state index contributed by atoms with van der Waals surface area (Å²) < 4.78 is 0. The van der Waals surface area contributed by atoms with E-state index < -0.39 is 0 Å². The van der Waals surface area contributed by atoms with Crippen molar-refractivity contribution >= 4 is 0 Å². The molecule has 0 saturated carbocycles. The third-order valence-electron chi connectivity index (χ3n) is 4.31. The summed E-state index contributed by atoms with van der Waals surface area (Å²) >= 11 is 0. The van der Waals surface area contributed by atoms with Crippen LogP contribution in [0.3, 0.4) is 0 Å². The summed E-state index contributed by atoms with van der Waals surface area (Å²) in [6.45, 7) is 12.5. The summed E-state index contributed by atoms with van der Waals surface area (Å²) in [7, 11) is 0. The molecular formula is C15H32N2O. The predicted octanol–water partition coefficient (Wildman–Crippen LogP) is 2.25. The van der Waals surface area contributed by atoms with Crippen LogP contribution in [0.4, 0.5) is 0 Å². The number of likely N-dealkylation sites (tertiary alicyclic amines) is 1. The van der Waals surface area contributed by atoms with E-state index in [9.17, 15) is 5.11 Å². The maximum atomic E-state index is 9.47. The van der Waals surface area contributed by atoms with Gasteiger partial charge in [0, 0.05) is 11.6 Å². The Bertz CT molecular complexity index is 233. The van der Waals surface area contributed by atoms with Gasteiger partial charge in [-0.3, -0.25) is 0 Å². The molecule has 0 aromatic carbocycles. The van der Waals surface area contributed by atoms with Crippen molar-refractivity contribution in [1.29, 1.82) is 0 Å². The number of hydrogen-bond acceptors (Lipinski definition) is 3. The minimum atomic E-state index is -0.0954. The van der Waals surface area contributed by atoms with Gasteiger partial charge in [0.1, 0.15) is 0 Å². The molecule has 3 heteroatoms. The highest BCUT2D eigenvalue weighted by atomic mass is 16.3. The topological polar surface area (TPSA) is 35.5 Å². The minimum absolute atomic E-state index is 0.0954. The predicted molar refractivity (Wildman–Crippen MR) is 77.8 cm³/mol. The fourth-order valence-electron chi connectivity index (χ4n) is 3.21. The van der Waals surface area contributed by atoms with Crippen LogP contribution in [0, 0.1) is 5.92 Å². The largest absolute Gasteiger partial charge is 0.394 e. The highest BCUT2D eigenvalue weighted by Crippen LogP contribution is 2.24. The lowest BCUT2D eigenvalue weighted by Gasteiger charge is -2.31. The Morgan fingerprint density at radius 1 is 1.44 bits per heavy atom. The zero-order chi connectivity index (χ0) is 13.6. The third kappa shape index (κ3) is 4.52. The summed E-state index contributed by atoms with van der Waals surface area (Å²) in [5.41, 5.74) is -0.0954. The molecule has 0 aromatic rings. The summed E-state index contributed by atoms with van der Waals surface area (Å²) in [5, 5.41) is 12.9. The summed E-state index contributed by atoms with van der Waals surface area (Å²) in [6.07, 6.45) is 4.95. The van der Waals surface area contributed by atoms with Gasteiger partial charge < -0.3 is 15.3 Å². The van der Waals surface area contributed by atoms with Crippen LogP contribution in [0.15, 0.2) is 0 Å². The molecule has 2 atom stereocenters. The molecule has 1 heterocycles. The Kier molecular flexibility index (Phi) is 6.61. The first-order valence-electron chi connectivity index (χ1n) is 7.62. The van der Waals surface area contributed by atoms with E-state index in [0.717, 1.165) is 24.9 Å². The molecule has 2 unspecified atom stereocenters. The number of hydrogen-bond donors (Lipinski definition) is 2. The Labute approximate surface area is 113 Å². The van der Waals surface area contributed by atoms with E-state index in [-0.39, 0.29) is 12.1 Å². The Morgan fingerprint density at radius 3 is 2.72 bits per heavy atom. The minimum Gasteiger partial charge on any atom is -0.394 e. The molecule has 0 radical (unpaired) electrons. The number of nitrogens with one attached hydrogen (secondary N) is 1. The van der Waals surface area contributed by atoms with Crippen LogP contribution in [0.25, 0.3) is 0 Å². The Morgan fingerprint density at radius 2 is 2.17 bits per heavy atom. The highest BCUT2D eigenvalue weighted by Gasteiger charge is 2.27. The maximum Gasteiger partial charge on any atom is 0.0610 e. The van der Waals surface area contributed by atoms with E-state index in [1.54, 1.807) is 0 Å².